The van der Waals surface area contributed by atoms with Gasteiger partial charge in [0.1, 0.15) is 0 Å². The molecule has 3 rings (SSSR count). The van der Waals surface area contributed by atoms with Crippen molar-refractivity contribution in [1.29, 1.82) is 0 Å². The van der Waals surface area contributed by atoms with Crippen LogP contribution in [-0.4, -0.2) is 0 Å². The molecule has 3 unspecified atom stereocenters. The van der Waals surface area contributed by atoms with Crippen LogP contribution in [0.25, 0.3) is 0 Å². The lowest BCUT2D eigenvalue weighted by atomic mass is 9.23. The molecule has 0 aliphatic heterocycles. The van der Waals surface area contributed by atoms with Gasteiger partial charge in [-0.3, -0.25) is 0 Å². The summed E-state index contributed by atoms with van der Waals surface area (Å²) in [5.41, 5.74) is 2.69. The fourth-order valence-electron chi connectivity index (χ4n) is 6.40. The summed E-state index contributed by atoms with van der Waals surface area (Å²) < 4.78 is 0. The quantitative estimate of drug-likeness (QED) is 0.601. The number of hydrogen-bond donors (Lipinski definition) is 0. The summed E-state index contributed by atoms with van der Waals surface area (Å²) in [6.45, 7) is 15.1. The third-order valence-corrected chi connectivity index (χ3v) is 7.94. The first-order valence-electron chi connectivity index (χ1n) is 8.26. The van der Waals surface area contributed by atoms with Crippen LogP contribution in [0, 0.1) is 33.5 Å². The van der Waals surface area contributed by atoms with Gasteiger partial charge in [0, 0.05) is 0 Å². The largest absolute Gasteiger partial charge is 0.0649 e. The predicted octanol–water partition coefficient (Wildman–Crippen LogP) is 5.67. The lowest BCUT2D eigenvalue weighted by Gasteiger charge is -2.81. The molecule has 0 amide bonds. The maximum absolute atomic E-state index is 2.57. The molecule has 3 aliphatic rings. The standard InChI is InChI=1S/C18H32/c1-7-17(9-10-17)12-14-16(5,6)13-11-15(3,4)18(13,14)8-2/h13-14H,7-12H2,1-6H3. The van der Waals surface area contributed by atoms with Gasteiger partial charge in [0.2, 0.25) is 0 Å². The zero-order valence-electron chi connectivity index (χ0n) is 13.4. The highest BCUT2D eigenvalue weighted by molar-refractivity contribution is 5.25. The molecule has 3 fully saturated rings. The minimum Gasteiger partial charge on any atom is -0.0649 e. The Kier molecular flexibility index (Phi) is 2.43. The Morgan fingerprint density at radius 2 is 1.56 bits per heavy atom. The van der Waals surface area contributed by atoms with E-state index in [4.69, 9.17) is 0 Å². The molecular weight excluding hydrogens is 216 g/mol. The molecule has 0 bridgehead atoms. The first-order valence-corrected chi connectivity index (χ1v) is 8.26. The summed E-state index contributed by atoms with van der Waals surface area (Å²) in [6, 6.07) is 0. The lowest BCUT2D eigenvalue weighted by Crippen LogP contribution is -2.75. The van der Waals surface area contributed by atoms with Crippen LogP contribution in [0.4, 0.5) is 0 Å². The van der Waals surface area contributed by atoms with Crippen molar-refractivity contribution >= 4 is 0 Å². The van der Waals surface area contributed by atoms with Crippen molar-refractivity contribution in [1.82, 2.24) is 0 Å². The molecular formula is C18H32. The summed E-state index contributed by atoms with van der Waals surface area (Å²) in [6.07, 6.45) is 8.87. The summed E-state index contributed by atoms with van der Waals surface area (Å²) >= 11 is 0. The van der Waals surface area contributed by atoms with Gasteiger partial charge in [0.15, 0.2) is 0 Å². The molecule has 3 saturated carbocycles. The van der Waals surface area contributed by atoms with Crippen molar-refractivity contribution in [3.8, 4) is 0 Å². The fraction of sp³-hybridized carbons (Fsp3) is 1.00. The number of rotatable bonds is 4. The molecule has 0 spiro atoms. The van der Waals surface area contributed by atoms with E-state index in [0.717, 1.165) is 17.3 Å². The van der Waals surface area contributed by atoms with E-state index >= 15 is 0 Å². The second-order valence-electron chi connectivity index (χ2n) is 8.97. The minimum atomic E-state index is 0.608. The van der Waals surface area contributed by atoms with Crippen LogP contribution in [0.15, 0.2) is 0 Å². The van der Waals surface area contributed by atoms with Gasteiger partial charge in [0.25, 0.3) is 0 Å². The van der Waals surface area contributed by atoms with Crippen LogP contribution >= 0.6 is 0 Å². The average Bonchev–Trinajstić information content (AvgIpc) is 3.07. The van der Waals surface area contributed by atoms with Crippen molar-refractivity contribution in [2.45, 2.75) is 80.1 Å². The highest BCUT2D eigenvalue weighted by atomic mass is 14.8. The molecule has 0 aromatic carbocycles. The van der Waals surface area contributed by atoms with E-state index in [1.807, 2.05) is 0 Å². The molecule has 0 N–H and O–H groups in total. The van der Waals surface area contributed by atoms with Crippen LogP contribution in [0.1, 0.15) is 80.1 Å². The molecule has 0 radical (unpaired) electrons. The first kappa shape index (κ1) is 13.0. The maximum Gasteiger partial charge on any atom is -0.0181 e. The zero-order chi connectivity index (χ0) is 13.4. The Bertz CT molecular complexity index is 358. The normalized spacial score (nSPS) is 45.7. The van der Waals surface area contributed by atoms with Crippen LogP contribution in [-0.2, 0) is 0 Å². The van der Waals surface area contributed by atoms with Crippen LogP contribution < -0.4 is 0 Å². The van der Waals surface area contributed by atoms with E-state index in [0.29, 0.717) is 16.2 Å². The fourth-order valence-corrected chi connectivity index (χ4v) is 6.40. The molecule has 0 nitrogen and oxygen atoms in total. The highest BCUT2D eigenvalue weighted by Gasteiger charge is 2.77. The van der Waals surface area contributed by atoms with Gasteiger partial charge in [0.05, 0.1) is 0 Å². The number of hydrogen-bond acceptors (Lipinski definition) is 0. The molecule has 0 heterocycles. The van der Waals surface area contributed by atoms with Crippen molar-refractivity contribution in [3.05, 3.63) is 0 Å². The summed E-state index contributed by atoms with van der Waals surface area (Å²) in [5, 5.41) is 0. The number of fused-ring (bicyclic) bond motifs is 1. The molecule has 0 heteroatoms. The summed E-state index contributed by atoms with van der Waals surface area (Å²) in [4.78, 5) is 0. The van der Waals surface area contributed by atoms with E-state index in [9.17, 15) is 0 Å². The second kappa shape index (κ2) is 3.36. The molecule has 3 aliphatic carbocycles. The van der Waals surface area contributed by atoms with E-state index in [-0.39, 0.29) is 0 Å². The van der Waals surface area contributed by atoms with E-state index in [1.165, 1.54) is 38.5 Å². The van der Waals surface area contributed by atoms with Crippen LogP contribution in [0.5, 0.6) is 0 Å². The van der Waals surface area contributed by atoms with Gasteiger partial charge < -0.3 is 0 Å². The Morgan fingerprint density at radius 1 is 0.944 bits per heavy atom. The average molecular weight is 248 g/mol. The van der Waals surface area contributed by atoms with Crippen LogP contribution in [0.2, 0.25) is 0 Å². The van der Waals surface area contributed by atoms with Crippen LogP contribution in [0.3, 0.4) is 0 Å². The third-order valence-electron chi connectivity index (χ3n) is 7.94. The Morgan fingerprint density at radius 3 is 1.94 bits per heavy atom. The van der Waals surface area contributed by atoms with Gasteiger partial charge >= 0.3 is 0 Å². The zero-order valence-corrected chi connectivity index (χ0v) is 13.4. The lowest BCUT2D eigenvalue weighted by molar-refractivity contribution is -0.334. The Hall–Kier alpha value is 0. The molecule has 3 atom stereocenters. The third kappa shape index (κ3) is 1.23. The van der Waals surface area contributed by atoms with Gasteiger partial charge in [-0.15, -0.1) is 0 Å². The molecule has 0 aromatic heterocycles. The Labute approximate surface area is 114 Å². The maximum atomic E-state index is 2.57. The van der Waals surface area contributed by atoms with E-state index in [2.05, 4.69) is 41.5 Å². The van der Waals surface area contributed by atoms with Crippen molar-refractivity contribution in [2.75, 3.05) is 0 Å². The highest BCUT2D eigenvalue weighted by Crippen LogP contribution is 2.83. The van der Waals surface area contributed by atoms with Gasteiger partial charge in [-0.1, -0.05) is 48.0 Å². The molecule has 104 valence electrons. The molecule has 18 heavy (non-hydrogen) atoms. The summed E-state index contributed by atoms with van der Waals surface area (Å²) in [5.74, 6) is 2.01. The summed E-state index contributed by atoms with van der Waals surface area (Å²) in [7, 11) is 0. The predicted molar refractivity (Wildman–Crippen MR) is 78.5 cm³/mol. The van der Waals surface area contributed by atoms with Crippen molar-refractivity contribution in [2.24, 2.45) is 33.5 Å². The second-order valence-corrected chi connectivity index (χ2v) is 8.97. The SMILES string of the molecule is CCC1(CC2C(C)(C)C3CC(C)(C)C23CC)CC1. The topological polar surface area (TPSA) is 0 Å². The van der Waals surface area contributed by atoms with E-state index < -0.39 is 0 Å². The molecule has 0 aromatic rings. The first-order chi connectivity index (χ1) is 8.26. The van der Waals surface area contributed by atoms with Crippen molar-refractivity contribution < 1.29 is 0 Å². The van der Waals surface area contributed by atoms with Gasteiger partial charge in [-0.05, 0) is 65.6 Å². The monoisotopic (exact) mass is 248 g/mol. The smallest absolute Gasteiger partial charge is 0.0181 e. The molecule has 0 saturated heterocycles. The van der Waals surface area contributed by atoms with E-state index in [1.54, 1.807) is 0 Å². The van der Waals surface area contributed by atoms with Crippen molar-refractivity contribution in [3.63, 3.8) is 0 Å². The van der Waals surface area contributed by atoms with Gasteiger partial charge in [-0.25, -0.2) is 0 Å². The van der Waals surface area contributed by atoms with Gasteiger partial charge in [-0.2, -0.15) is 0 Å². The minimum absolute atomic E-state index is 0.608. The Balaban J connectivity index is 1.87.